The Morgan fingerprint density at radius 3 is 2.86 bits per heavy atom. The van der Waals surface area contributed by atoms with Crippen LogP contribution >= 0.6 is 22.9 Å². The normalized spacial score (nSPS) is 11.5. The topological polar surface area (TPSA) is 76.9 Å². The summed E-state index contributed by atoms with van der Waals surface area (Å²) in [5, 5.41) is 6.35. The second kappa shape index (κ2) is 5.71. The predicted octanol–water partition coefficient (Wildman–Crippen LogP) is 3.09. The Bertz CT molecular complexity index is 918. The Balaban J connectivity index is 1.88. The molecule has 1 N–H and O–H groups in total. The maximum absolute atomic E-state index is 12.2. The zero-order valence-electron chi connectivity index (χ0n) is 11.4. The quantitative estimate of drug-likeness (QED) is 0.781. The SMILES string of the molecule is Cc1csc(S(=O)(=O)Nc2ccn(-c3ncccc3Cl)n2)c1. The summed E-state index contributed by atoms with van der Waals surface area (Å²) >= 11 is 7.20. The average molecular weight is 355 g/mol. The summed E-state index contributed by atoms with van der Waals surface area (Å²) in [5.41, 5.74) is 0.899. The molecule has 114 valence electrons. The van der Waals surface area contributed by atoms with Gasteiger partial charge in [-0.1, -0.05) is 11.6 Å². The third-order valence-electron chi connectivity index (χ3n) is 2.76. The second-order valence-electron chi connectivity index (χ2n) is 4.50. The van der Waals surface area contributed by atoms with Gasteiger partial charge in [-0.2, -0.15) is 0 Å². The maximum Gasteiger partial charge on any atom is 0.272 e. The number of hydrogen-bond donors (Lipinski definition) is 1. The van der Waals surface area contributed by atoms with E-state index in [4.69, 9.17) is 11.6 Å². The molecule has 0 aliphatic rings. The van der Waals surface area contributed by atoms with E-state index in [9.17, 15) is 8.42 Å². The van der Waals surface area contributed by atoms with E-state index >= 15 is 0 Å². The van der Waals surface area contributed by atoms with Crippen molar-refractivity contribution < 1.29 is 8.42 Å². The molecule has 0 amide bonds. The molecule has 3 aromatic heterocycles. The number of aryl methyl sites for hydroxylation is 1. The van der Waals surface area contributed by atoms with Crippen molar-refractivity contribution in [3.05, 3.63) is 52.6 Å². The Labute approximate surface area is 136 Å². The Morgan fingerprint density at radius 1 is 1.36 bits per heavy atom. The minimum Gasteiger partial charge on any atom is -0.261 e. The zero-order valence-corrected chi connectivity index (χ0v) is 13.8. The van der Waals surface area contributed by atoms with Gasteiger partial charge in [0.15, 0.2) is 11.6 Å². The van der Waals surface area contributed by atoms with Crippen LogP contribution in [0.5, 0.6) is 0 Å². The fourth-order valence-electron chi connectivity index (χ4n) is 1.78. The number of halogens is 1. The average Bonchev–Trinajstić information content (AvgIpc) is 3.08. The number of thiophene rings is 1. The van der Waals surface area contributed by atoms with Crippen molar-refractivity contribution in [1.82, 2.24) is 14.8 Å². The van der Waals surface area contributed by atoms with E-state index in [0.29, 0.717) is 10.8 Å². The minimum absolute atomic E-state index is 0.202. The number of aromatic nitrogens is 3. The lowest BCUT2D eigenvalue weighted by molar-refractivity contribution is 0.603. The smallest absolute Gasteiger partial charge is 0.261 e. The van der Waals surface area contributed by atoms with E-state index in [1.54, 1.807) is 42.0 Å². The van der Waals surface area contributed by atoms with Crippen molar-refractivity contribution >= 4 is 38.8 Å². The first-order chi connectivity index (χ1) is 10.5. The molecule has 22 heavy (non-hydrogen) atoms. The summed E-state index contributed by atoms with van der Waals surface area (Å²) in [4.78, 5) is 4.11. The van der Waals surface area contributed by atoms with Crippen molar-refractivity contribution in [2.24, 2.45) is 0 Å². The van der Waals surface area contributed by atoms with E-state index in [0.717, 1.165) is 16.9 Å². The molecular formula is C13H11ClN4O2S2. The van der Waals surface area contributed by atoms with Gasteiger partial charge in [-0.15, -0.1) is 16.4 Å². The molecule has 0 spiro atoms. The molecule has 0 aliphatic carbocycles. The van der Waals surface area contributed by atoms with Gasteiger partial charge >= 0.3 is 0 Å². The highest BCUT2D eigenvalue weighted by Gasteiger charge is 2.18. The molecule has 3 heterocycles. The molecule has 0 saturated heterocycles. The van der Waals surface area contributed by atoms with Crippen LogP contribution in [0.1, 0.15) is 5.56 Å². The van der Waals surface area contributed by atoms with Crippen LogP contribution in [-0.4, -0.2) is 23.2 Å². The summed E-state index contributed by atoms with van der Waals surface area (Å²) in [6, 6.07) is 6.55. The van der Waals surface area contributed by atoms with Crippen LogP contribution in [0, 0.1) is 6.92 Å². The van der Waals surface area contributed by atoms with E-state index in [-0.39, 0.29) is 10.0 Å². The number of nitrogens with zero attached hydrogens (tertiary/aromatic N) is 3. The number of nitrogens with one attached hydrogen (secondary N) is 1. The van der Waals surface area contributed by atoms with Crippen LogP contribution in [-0.2, 0) is 10.0 Å². The fraction of sp³-hybridized carbons (Fsp3) is 0.0769. The number of rotatable bonds is 4. The third-order valence-corrected chi connectivity index (χ3v) is 5.96. The molecule has 0 radical (unpaired) electrons. The van der Waals surface area contributed by atoms with Gasteiger partial charge in [0.25, 0.3) is 10.0 Å². The van der Waals surface area contributed by atoms with Crippen LogP contribution in [0.2, 0.25) is 5.02 Å². The third kappa shape index (κ3) is 2.99. The lowest BCUT2D eigenvalue weighted by Gasteiger charge is -2.03. The molecule has 0 aromatic carbocycles. The van der Waals surface area contributed by atoms with E-state index in [2.05, 4.69) is 14.8 Å². The zero-order chi connectivity index (χ0) is 15.7. The molecule has 6 nitrogen and oxygen atoms in total. The summed E-state index contributed by atoms with van der Waals surface area (Å²) in [6.45, 7) is 1.84. The summed E-state index contributed by atoms with van der Waals surface area (Å²) < 4.78 is 28.6. The lowest BCUT2D eigenvalue weighted by atomic mass is 10.4. The van der Waals surface area contributed by atoms with Crippen LogP contribution < -0.4 is 4.72 Å². The monoisotopic (exact) mass is 354 g/mol. The minimum atomic E-state index is -3.63. The van der Waals surface area contributed by atoms with Gasteiger partial charge in [0, 0.05) is 18.5 Å². The van der Waals surface area contributed by atoms with Gasteiger partial charge in [-0.25, -0.2) is 18.1 Å². The van der Waals surface area contributed by atoms with Crippen molar-refractivity contribution in [1.29, 1.82) is 0 Å². The van der Waals surface area contributed by atoms with Gasteiger partial charge in [0.05, 0.1) is 5.02 Å². The Morgan fingerprint density at radius 2 is 2.18 bits per heavy atom. The molecule has 0 unspecified atom stereocenters. The van der Waals surface area contributed by atoms with Crippen LogP contribution in [0.4, 0.5) is 5.82 Å². The highest BCUT2D eigenvalue weighted by Crippen LogP contribution is 2.23. The fourth-order valence-corrected chi connectivity index (χ4v) is 4.21. The Hall–Kier alpha value is -1.90. The first-order valence-corrected chi connectivity index (χ1v) is 8.94. The number of hydrogen-bond acceptors (Lipinski definition) is 5. The van der Waals surface area contributed by atoms with Gasteiger partial charge in [-0.05, 0) is 36.1 Å². The predicted molar refractivity (Wildman–Crippen MR) is 86.2 cm³/mol. The standard InChI is InChI=1S/C13H11ClN4O2S2/c1-9-7-12(21-8-9)22(19,20)17-11-4-6-18(16-11)13-10(14)3-2-5-15-13/h2-8H,1H3,(H,16,17). The molecule has 0 atom stereocenters. The number of anilines is 1. The number of pyridine rings is 1. The summed E-state index contributed by atoms with van der Waals surface area (Å²) in [7, 11) is -3.63. The van der Waals surface area contributed by atoms with E-state index in [1.165, 1.54) is 4.68 Å². The molecule has 3 rings (SSSR count). The summed E-state index contributed by atoms with van der Waals surface area (Å²) in [6.07, 6.45) is 3.17. The van der Waals surface area contributed by atoms with E-state index < -0.39 is 10.0 Å². The molecular weight excluding hydrogens is 344 g/mol. The molecule has 0 bridgehead atoms. The van der Waals surface area contributed by atoms with Crippen LogP contribution in [0.3, 0.4) is 0 Å². The Kier molecular flexibility index (Phi) is 3.90. The molecule has 0 fully saturated rings. The molecule has 0 saturated carbocycles. The summed E-state index contributed by atoms with van der Waals surface area (Å²) in [5.74, 6) is 0.634. The van der Waals surface area contributed by atoms with Crippen LogP contribution in [0.25, 0.3) is 5.82 Å². The molecule has 3 aromatic rings. The van der Waals surface area contributed by atoms with Gasteiger partial charge in [-0.3, -0.25) is 4.72 Å². The van der Waals surface area contributed by atoms with Gasteiger partial charge < -0.3 is 0 Å². The van der Waals surface area contributed by atoms with Gasteiger partial charge in [0.2, 0.25) is 0 Å². The molecule has 9 heteroatoms. The highest BCUT2D eigenvalue weighted by molar-refractivity contribution is 7.94. The maximum atomic E-state index is 12.2. The first-order valence-electron chi connectivity index (χ1n) is 6.20. The van der Waals surface area contributed by atoms with Gasteiger partial charge in [0.1, 0.15) is 4.21 Å². The van der Waals surface area contributed by atoms with Crippen LogP contribution in [0.15, 0.2) is 46.2 Å². The van der Waals surface area contributed by atoms with Crippen molar-refractivity contribution in [2.75, 3.05) is 4.72 Å². The van der Waals surface area contributed by atoms with Crippen molar-refractivity contribution in [2.45, 2.75) is 11.1 Å². The second-order valence-corrected chi connectivity index (χ2v) is 7.73. The largest absolute Gasteiger partial charge is 0.272 e. The lowest BCUT2D eigenvalue weighted by Crippen LogP contribution is -2.12. The first kappa shape index (κ1) is 15.0. The van der Waals surface area contributed by atoms with E-state index in [1.807, 2.05) is 6.92 Å². The van der Waals surface area contributed by atoms with Crippen molar-refractivity contribution in [3.63, 3.8) is 0 Å². The number of sulfonamides is 1. The highest BCUT2D eigenvalue weighted by atomic mass is 35.5. The van der Waals surface area contributed by atoms with Crippen molar-refractivity contribution in [3.8, 4) is 5.82 Å². The molecule has 0 aliphatic heterocycles.